The van der Waals surface area contributed by atoms with Crippen molar-refractivity contribution in [1.29, 1.82) is 0 Å². The van der Waals surface area contributed by atoms with Crippen LogP contribution in [0.3, 0.4) is 0 Å². The molecule has 0 spiro atoms. The molecule has 0 aliphatic carbocycles. The summed E-state index contributed by atoms with van der Waals surface area (Å²) in [5.41, 5.74) is 0.0129. The summed E-state index contributed by atoms with van der Waals surface area (Å²) < 4.78 is 11.3. The Balaban J connectivity index is 0.000000531. The number of para-hydroxylation sites is 2. The van der Waals surface area contributed by atoms with Crippen LogP contribution in [0.4, 0.5) is 0 Å². The molecule has 1 aliphatic rings. The number of rotatable bonds is 0. The quantitative estimate of drug-likeness (QED) is 0.644. The second-order valence-electron chi connectivity index (χ2n) is 4.38. The van der Waals surface area contributed by atoms with Gasteiger partial charge in [0, 0.05) is 5.41 Å². The van der Waals surface area contributed by atoms with Crippen LogP contribution in [0.25, 0.3) is 0 Å². The maximum Gasteiger partial charge on any atom is 0.246 e. The minimum absolute atomic E-state index is 0.0129. The van der Waals surface area contributed by atoms with Gasteiger partial charge in [0.1, 0.15) is 0 Å². The summed E-state index contributed by atoms with van der Waals surface area (Å²) in [5, 5.41) is 0. The molecule has 1 aliphatic heterocycles. The monoisotopic (exact) mass is 208 g/mol. The van der Waals surface area contributed by atoms with Gasteiger partial charge in [0.25, 0.3) is 0 Å². The van der Waals surface area contributed by atoms with Crippen LogP contribution in [0, 0.1) is 5.41 Å². The number of benzene rings is 1. The molecule has 0 unspecified atom stereocenters. The van der Waals surface area contributed by atoms with Crippen LogP contribution in [0.5, 0.6) is 11.5 Å². The Kier molecular flexibility index (Phi) is 3.61. The molecule has 2 nitrogen and oxygen atoms in total. The van der Waals surface area contributed by atoms with E-state index in [4.69, 9.17) is 9.47 Å². The summed E-state index contributed by atoms with van der Waals surface area (Å²) in [6.45, 7) is 10.3. The first-order chi connectivity index (χ1) is 7.07. The molecule has 0 saturated carbocycles. The molecule has 15 heavy (non-hydrogen) atoms. The van der Waals surface area contributed by atoms with Crippen LogP contribution in [0.15, 0.2) is 24.3 Å². The highest BCUT2D eigenvalue weighted by molar-refractivity contribution is 5.41. The fraction of sp³-hybridized carbons (Fsp3) is 0.538. The standard InChI is InChI=1S/C11H14O2.C2H6/c1-11(2,3)10-12-8-6-4-5-7-9(8)13-10;1-2/h4-7,10H,1-3H3;1-2H3. The van der Waals surface area contributed by atoms with Crippen molar-refractivity contribution in [2.24, 2.45) is 5.41 Å². The Morgan fingerprint density at radius 2 is 1.33 bits per heavy atom. The third kappa shape index (κ3) is 2.65. The highest BCUT2D eigenvalue weighted by Crippen LogP contribution is 2.39. The van der Waals surface area contributed by atoms with Crippen molar-refractivity contribution in [3.8, 4) is 11.5 Å². The van der Waals surface area contributed by atoms with Crippen molar-refractivity contribution < 1.29 is 9.47 Å². The lowest BCUT2D eigenvalue weighted by atomic mass is 9.96. The lowest BCUT2D eigenvalue weighted by Gasteiger charge is -2.24. The topological polar surface area (TPSA) is 18.5 Å². The van der Waals surface area contributed by atoms with E-state index in [0.29, 0.717) is 0 Å². The van der Waals surface area contributed by atoms with E-state index in [0.717, 1.165) is 11.5 Å². The van der Waals surface area contributed by atoms with Crippen LogP contribution >= 0.6 is 0 Å². The highest BCUT2D eigenvalue weighted by Gasteiger charge is 2.34. The zero-order valence-electron chi connectivity index (χ0n) is 10.2. The predicted molar refractivity (Wildman–Crippen MR) is 62.3 cm³/mol. The molecule has 0 saturated heterocycles. The van der Waals surface area contributed by atoms with Crippen LogP contribution < -0.4 is 9.47 Å². The molecule has 0 N–H and O–H groups in total. The predicted octanol–water partition coefficient (Wildman–Crippen LogP) is 3.86. The van der Waals surface area contributed by atoms with Gasteiger partial charge in [-0.05, 0) is 12.1 Å². The van der Waals surface area contributed by atoms with Gasteiger partial charge in [-0.1, -0.05) is 46.8 Å². The van der Waals surface area contributed by atoms with Crippen LogP contribution in [0.2, 0.25) is 0 Å². The van der Waals surface area contributed by atoms with E-state index in [1.165, 1.54) is 0 Å². The van der Waals surface area contributed by atoms with Crippen molar-refractivity contribution >= 4 is 0 Å². The maximum atomic E-state index is 5.65. The zero-order chi connectivity index (χ0) is 11.5. The molecule has 0 amide bonds. The smallest absolute Gasteiger partial charge is 0.246 e. The second-order valence-corrected chi connectivity index (χ2v) is 4.38. The molecule has 0 fully saturated rings. The van der Waals surface area contributed by atoms with Gasteiger partial charge in [0.05, 0.1) is 0 Å². The van der Waals surface area contributed by atoms with Gasteiger partial charge < -0.3 is 9.47 Å². The molecule has 0 bridgehead atoms. The van der Waals surface area contributed by atoms with Gasteiger partial charge in [0.15, 0.2) is 11.5 Å². The molecule has 2 rings (SSSR count). The normalized spacial score (nSPS) is 14.5. The first-order valence-electron chi connectivity index (χ1n) is 5.50. The third-order valence-corrected chi connectivity index (χ3v) is 2.02. The largest absolute Gasteiger partial charge is 0.450 e. The number of ether oxygens (including phenoxy) is 2. The lowest BCUT2D eigenvalue weighted by molar-refractivity contribution is -0.0396. The van der Waals surface area contributed by atoms with E-state index < -0.39 is 0 Å². The molecule has 0 aromatic heterocycles. The number of fused-ring (bicyclic) bond motifs is 1. The van der Waals surface area contributed by atoms with E-state index in [1.54, 1.807) is 0 Å². The van der Waals surface area contributed by atoms with E-state index >= 15 is 0 Å². The first-order valence-corrected chi connectivity index (χ1v) is 5.50. The van der Waals surface area contributed by atoms with E-state index in [2.05, 4.69) is 20.8 Å². The molecule has 1 heterocycles. The summed E-state index contributed by atoms with van der Waals surface area (Å²) in [6.07, 6.45) is -0.162. The number of hydrogen-bond donors (Lipinski definition) is 0. The minimum Gasteiger partial charge on any atom is -0.450 e. The van der Waals surface area contributed by atoms with Crippen molar-refractivity contribution in [3.63, 3.8) is 0 Å². The molecule has 1 aromatic rings. The Morgan fingerprint density at radius 3 is 1.67 bits per heavy atom. The van der Waals surface area contributed by atoms with E-state index in [9.17, 15) is 0 Å². The molecular weight excluding hydrogens is 188 g/mol. The number of hydrogen-bond acceptors (Lipinski definition) is 2. The zero-order valence-corrected chi connectivity index (χ0v) is 10.2. The highest BCUT2D eigenvalue weighted by atomic mass is 16.7. The summed E-state index contributed by atoms with van der Waals surface area (Å²) >= 11 is 0. The summed E-state index contributed by atoms with van der Waals surface area (Å²) in [5.74, 6) is 1.70. The van der Waals surface area contributed by atoms with Crippen LogP contribution in [0.1, 0.15) is 34.6 Å². The Bertz CT molecular complexity index is 288. The SMILES string of the molecule is CC.CC(C)(C)C1Oc2ccccc2O1. The van der Waals surface area contributed by atoms with Crippen LogP contribution in [-0.4, -0.2) is 6.29 Å². The molecule has 84 valence electrons. The van der Waals surface area contributed by atoms with Gasteiger partial charge in [-0.2, -0.15) is 0 Å². The Hall–Kier alpha value is -1.18. The van der Waals surface area contributed by atoms with Crippen LogP contribution in [-0.2, 0) is 0 Å². The summed E-state index contributed by atoms with van der Waals surface area (Å²) in [6, 6.07) is 7.77. The van der Waals surface area contributed by atoms with Crippen molar-refractivity contribution in [2.75, 3.05) is 0 Å². The average molecular weight is 208 g/mol. The fourth-order valence-electron chi connectivity index (χ4n) is 1.25. The van der Waals surface area contributed by atoms with Gasteiger partial charge >= 0.3 is 0 Å². The van der Waals surface area contributed by atoms with Gasteiger partial charge in [-0.15, -0.1) is 0 Å². The van der Waals surface area contributed by atoms with Gasteiger partial charge in [-0.3, -0.25) is 0 Å². The van der Waals surface area contributed by atoms with E-state index in [1.807, 2.05) is 38.1 Å². The molecule has 2 heteroatoms. The Morgan fingerprint density at radius 1 is 0.933 bits per heavy atom. The molecular formula is C13H20O2. The van der Waals surface area contributed by atoms with Crippen molar-refractivity contribution in [1.82, 2.24) is 0 Å². The summed E-state index contributed by atoms with van der Waals surface area (Å²) in [4.78, 5) is 0. The first kappa shape index (κ1) is 11.9. The average Bonchev–Trinajstić information content (AvgIpc) is 2.63. The fourth-order valence-corrected chi connectivity index (χ4v) is 1.25. The van der Waals surface area contributed by atoms with Gasteiger partial charge in [0.2, 0.25) is 6.29 Å². The lowest BCUT2D eigenvalue weighted by Crippen LogP contribution is -2.33. The van der Waals surface area contributed by atoms with Crippen molar-refractivity contribution in [3.05, 3.63) is 24.3 Å². The van der Waals surface area contributed by atoms with Crippen molar-refractivity contribution in [2.45, 2.75) is 40.9 Å². The van der Waals surface area contributed by atoms with Gasteiger partial charge in [-0.25, -0.2) is 0 Å². The Labute approximate surface area is 92.2 Å². The third-order valence-electron chi connectivity index (χ3n) is 2.02. The molecule has 0 radical (unpaired) electrons. The van der Waals surface area contributed by atoms with E-state index in [-0.39, 0.29) is 11.7 Å². The second kappa shape index (κ2) is 4.56. The maximum absolute atomic E-state index is 5.65. The minimum atomic E-state index is -0.162. The molecule has 0 atom stereocenters. The summed E-state index contributed by atoms with van der Waals surface area (Å²) in [7, 11) is 0. The molecule has 1 aromatic carbocycles.